The van der Waals surface area contributed by atoms with E-state index in [1.165, 1.54) is 24.3 Å². The van der Waals surface area contributed by atoms with Gasteiger partial charge in [-0.25, -0.2) is 0 Å². The highest BCUT2D eigenvalue weighted by atomic mass is 16.3. The summed E-state index contributed by atoms with van der Waals surface area (Å²) in [4.78, 5) is 11.2. The van der Waals surface area contributed by atoms with Crippen LogP contribution in [0.2, 0.25) is 0 Å². The summed E-state index contributed by atoms with van der Waals surface area (Å²) in [6.07, 6.45) is 0. The van der Waals surface area contributed by atoms with E-state index in [-0.39, 0.29) is 10.8 Å². The van der Waals surface area contributed by atoms with Crippen molar-refractivity contribution in [3.8, 4) is 17.2 Å². The first-order chi connectivity index (χ1) is 7.09. The zero-order valence-electron chi connectivity index (χ0n) is 7.64. The van der Waals surface area contributed by atoms with Crippen LogP contribution in [0.3, 0.4) is 0 Å². The fourth-order valence-electron chi connectivity index (χ4n) is 1.41. The first-order valence-corrected chi connectivity index (χ1v) is 4.27. The Morgan fingerprint density at radius 3 is 2.40 bits per heavy atom. The topological polar surface area (TPSA) is 77.8 Å². The standard InChI is InChI=1S/C11H8O4/c12-7-3-1-2-6-4-9(13)11(15)10(14)8(6)5-7/h1-5,13-15H. The molecule has 0 aromatic heterocycles. The number of hydrogen-bond donors (Lipinski definition) is 3. The van der Waals surface area contributed by atoms with Crippen molar-refractivity contribution in [3.63, 3.8) is 0 Å². The molecule has 0 amide bonds. The van der Waals surface area contributed by atoms with Crippen LogP contribution in [0.1, 0.15) is 0 Å². The Bertz CT molecular complexity index is 590. The van der Waals surface area contributed by atoms with Gasteiger partial charge in [0.05, 0.1) is 0 Å². The summed E-state index contributed by atoms with van der Waals surface area (Å²) in [6, 6.07) is 6.89. The molecule has 0 aliphatic rings. The molecule has 0 radical (unpaired) electrons. The van der Waals surface area contributed by atoms with Crippen molar-refractivity contribution in [1.82, 2.24) is 0 Å². The molecule has 0 heterocycles. The van der Waals surface area contributed by atoms with Gasteiger partial charge in [-0.15, -0.1) is 0 Å². The van der Waals surface area contributed by atoms with Crippen molar-refractivity contribution in [2.45, 2.75) is 0 Å². The summed E-state index contributed by atoms with van der Waals surface area (Å²) in [6.45, 7) is 0. The van der Waals surface area contributed by atoms with E-state index >= 15 is 0 Å². The Balaban J connectivity index is 3.04. The molecule has 0 unspecified atom stereocenters. The Morgan fingerprint density at radius 1 is 0.933 bits per heavy atom. The van der Waals surface area contributed by atoms with Crippen molar-refractivity contribution in [3.05, 3.63) is 40.6 Å². The van der Waals surface area contributed by atoms with E-state index in [1.54, 1.807) is 6.07 Å². The second-order valence-corrected chi connectivity index (χ2v) is 3.17. The van der Waals surface area contributed by atoms with Gasteiger partial charge in [0.1, 0.15) is 0 Å². The average Bonchev–Trinajstić information content (AvgIpc) is 2.37. The molecule has 4 heteroatoms. The van der Waals surface area contributed by atoms with Crippen LogP contribution in [-0.2, 0) is 0 Å². The maximum atomic E-state index is 11.2. The molecule has 0 fully saturated rings. The Hall–Kier alpha value is -2.23. The van der Waals surface area contributed by atoms with E-state index in [4.69, 9.17) is 0 Å². The van der Waals surface area contributed by atoms with Crippen LogP contribution in [0.15, 0.2) is 35.1 Å². The van der Waals surface area contributed by atoms with Crippen LogP contribution in [0.5, 0.6) is 17.2 Å². The van der Waals surface area contributed by atoms with Crippen LogP contribution in [0, 0.1) is 0 Å². The van der Waals surface area contributed by atoms with Crippen LogP contribution >= 0.6 is 0 Å². The second-order valence-electron chi connectivity index (χ2n) is 3.17. The summed E-state index contributed by atoms with van der Waals surface area (Å²) in [5, 5.41) is 28.7. The van der Waals surface area contributed by atoms with Gasteiger partial charge >= 0.3 is 0 Å². The van der Waals surface area contributed by atoms with E-state index in [1.807, 2.05) is 0 Å². The molecule has 3 N–H and O–H groups in total. The lowest BCUT2D eigenvalue weighted by Gasteiger charge is -2.02. The second kappa shape index (κ2) is 3.16. The number of aromatic hydroxyl groups is 3. The normalized spacial score (nSPS) is 10.4. The van der Waals surface area contributed by atoms with E-state index in [9.17, 15) is 20.1 Å². The van der Waals surface area contributed by atoms with Crippen LogP contribution in [0.4, 0.5) is 0 Å². The van der Waals surface area contributed by atoms with Crippen molar-refractivity contribution < 1.29 is 15.3 Å². The third-order valence-corrected chi connectivity index (χ3v) is 2.15. The molecule has 2 rings (SSSR count). The maximum Gasteiger partial charge on any atom is 0.200 e. The fraction of sp³-hybridized carbons (Fsp3) is 0. The monoisotopic (exact) mass is 204 g/mol. The molecule has 0 aliphatic heterocycles. The number of hydrogen-bond acceptors (Lipinski definition) is 4. The van der Waals surface area contributed by atoms with Crippen LogP contribution < -0.4 is 5.43 Å². The van der Waals surface area contributed by atoms with E-state index in [0.717, 1.165) is 0 Å². The third kappa shape index (κ3) is 1.46. The molecular weight excluding hydrogens is 196 g/mol. The van der Waals surface area contributed by atoms with Gasteiger partial charge in [-0.3, -0.25) is 4.79 Å². The zero-order chi connectivity index (χ0) is 11.0. The van der Waals surface area contributed by atoms with Crippen molar-refractivity contribution >= 4 is 10.8 Å². The van der Waals surface area contributed by atoms with E-state index in [0.29, 0.717) is 5.39 Å². The number of phenols is 3. The molecule has 0 saturated heterocycles. The third-order valence-electron chi connectivity index (χ3n) is 2.15. The molecule has 0 spiro atoms. The van der Waals surface area contributed by atoms with Gasteiger partial charge in [0.25, 0.3) is 0 Å². The number of phenolic OH excluding ortho intramolecular Hbond substituents is 3. The highest BCUT2D eigenvalue weighted by molar-refractivity contribution is 5.91. The van der Waals surface area contributed by atoms with Crippen molar-refractivity contribution in [2.24, 2.45) is 0 Å². The molecule has 4 nitrogen and oxygen atoms in total. The summed E-state index contributed by atoms with van der Waals surface area (Å²) >= 11 is 0. The van der Waals surface area contributed by atoms with Crippen LogP contribution in [-0.4, -0.2) is 15.3 Å². The highest BCUT2D eigenvalue weighted by Gasteiger charge is 2.10. The number of benzene rings is 1. The van der Waals surface area contributed by atoms with Gasteiger partial charge in [-0.2, -0.15) is 0 Å². The summed E-state index contributed by atoms with van der Waals surface area (Å²) < 4.78 is 0. The largest absolute Gasteiger partial charge is 0.504 e. The van der Waals surface area contributed by atoms with Crippen molar-refractivity contribution in [1.29, 1.82) is 0 Å². The predicted octanol–water partition coefficient (Wildman–Crippen LogP) is 1.32. The molecule has 0 bridgehead atoms. The summed E-state index contributed by atoms with van der Waals surface area (Å²) in [5.41, 5.74) is -0.287. The molecule has 0 saturated carbocycles. The molecule has 0 aliphatic carbocycles. The number of fused-ring (bicyclic) bond motifs is 1. The molecular formula is C11H8O4. The van der Waals surface area contributed by atoms with Crippen LogP contribution in [0.25, 0.3) is 10.8 Å². The first-order valence-electron chi connectivity index (χ1n) is 4.27. The minimum atomic E-state index is -0.617. The van der Waals surface area contributed by atoms with Gasteiger partial charge in [-0.1, -0.05) is 12.1 Å². The Labute approximate surface area is 84.7 Å². The molecule has 2 aromatic rings. The highest BCUT2D eigenvalue weighted by Crippen LogP contribution is 2.39. The zero-order valence-corrected chi connectivity index (χ0v) is 7.64. The quantitative estimate of drug-likeness (QED) is 0.565. The first kappa shape index (κ1) is 9.33. The fourth-order valence-corrected chi connectivity index (χ4v) is 1.41. The van der Waals surface area contributed by atoms with Gasteiger partial charge in [0, 0.05) is 5.39 Å². The Morgan fingerprint density at radius 2 is 1.67 bits per heavy atom. The van der Waals surface area contributed by atoms with E-state index in [2.05, 4.69) is 0 Å². The van der Waals surface area contributed by atoms with Gasteiger partial charge in [0.2, 0.25) is 5.75 Å². The molecule has 0 atom stereocenters. The lowest BCUT2D eigenvalue weighted by atomic mass is 10.1. The minimum Gasteiger partial charge on any atom is -0.504 e. The van der Waals surface area contributed by atoms with Gasteiger partial charge < -0.3 is 15.3 Å². The van der Waals surface area contributed by atoms with Crippen molar-refractivity contribution in [2.75, 3.05) is 0 Å². The lowest BCUT2D eigenvalue weighted by molar-refractivity contribution is 0.371. The summed E-state index contributed by atoms with van der Waals surface area (Å²) in [7, 11) is 0. The molecule has 15 heavy (non-hydrogen) atoms. The minimum absolute atomic E-state index is 0.209. The predicted molar refractivity (Wildman–Crippen MR) is 55.2 cm³/mol. The maximum absolute atomic E-state index is 11.2. The smallest absolute Gasteiger partial charge is 0.200 e. The summed E-state index contributed by atoms with van der Waals surface area (Å²) in [5.74, 6) is -1.52. The number of rotatable bonds is 0. The lowest BCUT2D eigenvalue weighted by Crippen LogP contribution is -1.89. The van der Waals surface area contributed by atoms with E-state index < -0.39 is 17.2 Å². The average molecular weight is 204 g/mol. The van der Waals surface area contributed by atoms with Gasteiger partial charge in [-0.05, 0) is 23.6 Å². The SMILES string of the molecule is O=c1cccc2cc(O)c(O)c(O)c2c1. The molecule has 76 valence electrons. The van der Waals surface area contributed by atoms with Gasteiger partial charge in [0.15, 0.2) is 16.9 Å². The molecule has 2 aromatic carbocycles. The Kier molecular flexibility index (Phi) is 1.97.